The van der Waals surface area contributed by atoms with Gasteiger partial charge < -0.3 is 27.2 Å². The molecule has 1 rings (SSSR count). The van der Waals surface area contributed by atoms with Gasteiger partial charge in [-0.25, -0.2) is 0 Å². The van der Waals surface area contributed by atoms with Gasteiger partial charge in [0.1, 0.15) is 0 Å². The Morgan fingerprint density at radius 1 is 1.00 bits per heavy atom. The summed E-state index contributed by atoms with van der Waals surface area (Å²) in [5.74, 6) is -1.41. The maximum atomic E-state index is 12.5. The molecule has 28 heavy (non-hydrogen) atoms. The molecule has 0 saturated heterocycles. The first-order valence-electron chi connectivity index (χ1n) is 9.77. The average molecular weight is 419 g/mol. The van der Waals surface area contributed by atoms with E-state index in [0.29, 0.717) is 26.2 Å². The molecule has 0 bridgehead atoms. The zero-order chi connectivity index (χ0) is 21.2. The maximum Gasteiger partial charge on any atom is 0.679 e. The van der Waals surface area contributed by atoms with E-state index in [2.05, 4.69) is 0 Å². The molecule has 0 aromatic rings. The van der Waals surface area contributed by atoms with Gasteiger partial charge in [-0.2, -0.15) is 0 Å². The second-order valence-electron chi connectivity index (χ2n) is 6.45. The Morgan fingerprint density at radius 2 is 1.50 bits per heavy atom. The molecule has 0 aromatic heterocycles. The van der Waals surface area contributed by atoms with Crippen LogP contribution in [-0.2, 0) is 36.8 Å². The lowest BCUT2D eigenvalue weighted by Gasteiger charge is -2.42. The van der Waals surface area contributed by atoms with Crippen molar-refractivity contribution in [3.8, 4) is 0 Å². The number of rotatable bonds is 11. The van der Waals surface area contributed by atoms with Gasteiger partial charge in [0, 0.05) is 25.7 Å². The van der Waals surface area contributed by atoms with Crippen LogP contribution >= 0.6 is 0 Å². The molecule has 162 valence electrons. The maximum absolute atomic E-state index is 12.5. The second-order valence-corrected chi connectivity index (χ2v) is 8.55. The molecule has 0 unspecified atom stereocenters. The second kappa shape index (κ2) is 11.7. The first-order chi connectivity index (χ1) is 13.4. The fourth-order valence-corrected chi connectivity index (χ4v) is 5.79. The number of esters is 2. The largest absolute Gasteiger partial charge is 0.679 e. The summed E-state index contributed by atoms with van der Waals surface area (Å²) in [6.07, 6.45) is 4.37. The van der Waals surface area contributed by atoms with E-state index in [1.165, 1.54) is 14.2 Å². The Labute approximate surface area is 168 Å². The van der Waals surface area contributed by atoms with Crippen LogP contribution in [0.2, 0.25) is 0 Å². The van der Waals surface area contributed by atoms with Gasteiger partial charge in [0.2, 0.25) is 0 Å². The van der Waals surface area contributed by atoms with Gasteiger partial charge >= 0.3 is 21.0 Å². The molecular weight excluding hydrogens is 384 g/mol. The van der Waals surface area contributed by atoms with Crippen molar-refractivity contribution in [1.29, 1.82) is 0 Å². The number of allylic oxidation sites excluding steroid dienone is 1. The van der Waals surface area contributed by atoms with Crippen LogP contribution in [0.4, 0.5) is 0 Å². The van der Waals surface area contributed by atoms with Crippen molar-refractivity contribution in [3.05, 3.63) is 12.2 Å². The van der Waals surface area contributed by atoms with Crippen LogP contribution in [0, 0.1) is 11.3 Å². The van der Waals surface area contributed by atoms with Crippen LogP contribution in [-0.4, -0.2) is 61.1 Å². The summed E-state index contributed by atoms with van der Waals surface area (Å²) in [5.41, 5.74) is -1.35. The standard InChI is InChI=1S/C19H34O8Si/c1-7-11-15-14-19(17(20)22-5,18(21)23-6)13-12-16(15)27-28(24-8-2,25-9-3)26-10-4/h7,11,15-16H,8-10,12-14H2,1-6H3/b11-7+/t15-,16+/m1/s1. The van der Waals surface area contributed by atoms with Crippen molar-refractivity contribution in [3.63, 3.8) is 0 Å². The van der Waals surface area contributed by atoms with Crippen molar-refractivity contribution < 1.29 is 36.8 Å². The third kappa shape index (κ3) is 5.63. The minimum Gasteiger partial charge on any atom is -0.468 e. The molecular formula is C19H34O8Si. The third-order valence-corrected chi connectivity index (χ3v) is 7.29. The van der Waals surface area contributed by atoms with E-state index >= 15 is 0 Å². The number of hydrogen-bond acceptors (Lipinski definition) is 8. The molecule has 9 heteroatoms. The van der Waals surface area contributed by atoms with E-state index in [0.717, 1.165) is 0 Å². The Balaban J connectivity index is 3.18. The van der Waals surface area contributed by atoms with E-state index in [1.54, 1.807) is 0 Å². The van der Waals surface area contributed by atoms with E-state index < -0.39 is 26.4 Å². The van der Waals surface area contributed by atoms with Gasteiger partial charge in [-0.15, -0.1) is 0 Å². The zero-order valence-corrected chi connectivity index (χ0v) is 18.8. The first kappa shape index (κ1) is 24.8. The van der Waals surface area contributed by atoms with Gasteiger partial charge in [-0.05, 0) is 47.0 Å². The Morgan fingerprint density at radius 3 is 1.89 bits per heavy atom. The SMILES string of the molecule is C/C=C/[C@@H]1CC(C(=O)OC)(C(=O)OC)CC[C@@H]1O[Si](OCC)(OCC)OCC. The lowest BCUT2D eigenvalue weighted by Crippen LogP contribution is -2.55. The van der Waals surface area contributed by atoms with E-state index in [4.69, 9.17) is 27.2 Å². The Bertz CT molecular complexity index is 503. The summed E-state index contributed by atoms with van der Waals surface area (Å²) in [4.78, 5) is 25.0. The van der Waals surface area contributed by atoms with Crippen molar-refractivity contribution in [2.75, 3.05) is 34.0 Å². The van der Waals surface area contributed by atoms with Crippen LogP contribution in [0.5, 0.6) is 0 Å². The highest BCUT2D eigenvalue weighted by Crippen LogP contribution is 2.44. The smallest absolute Gasteiger partial charge is 0.468 e. The molecule has 0 radical (unpaired) electrons. The molecule has 0 amide bonds. The number of hydrogen-bond donors (Lipinski definition) is 0. The van der Waals surface area contributed by atoms with Crippen molar-refractivity contribution in [1.82, 2.24) is 0 Å². The minimum atomic E-state index is -3.34. The van der Waals surface area contributed by atoms with Gasteiger partial charge in [0.15, 0.2) is 5.41 Å². The summed E-state index contributed by atoms with van der Waals surface area (Å²) >= 11 is 0. The molecule has 1 fully saturated rings. The normalized spacial score (nSPS) is 22.2. The molecule has 8 nitrogen and oxygen atoms in total. The summed E-state index contributed by atoms with van der Waals surface area (Å²) in [6.45, 7) is 8.61. The summed E-state index contributed by atoms with van der Waals surface area (Å²) in [5, 5.41) is 0. The van der Waals surface area contributed by atoms with Crippen molar-refractivity contribution >= 4 is 21.0 Å². The Hall–Kier alpha value is -1.26. The number of carbonyl (C=O) groups is 2. The molecule has 0 heterocycles. The summed E-state index contributed by atoms with van der Waals surface area (Å²) in [6, 6.07) is 0. The molecule has 1 saturated carbocycles. The van der Waals surface area contributed by atoms with Gasteiger partial charge in [-0.1, -0.05) is 12.2 Å². The summed E-state index contributed by atoms with van der Waals surface area (Å²) < 4.78 is 33.5. The third-order valence-electron chi connectivity index (χ3n) is 4.77. The predicted molar refractivity (Wildman–Crippen MR) is 104 cm³/mol. The zero-order valence-electron chi connectivity index (χ0n) is 17.8. The van der Waals surface area contributed by atoms with Gasteiger partial charge in [-0.3, -0.25) is 9.59 Å². The quantitative estimate of drug-likeness (QED) is 0.219. The molecule has 0 N–H and O–H groups in total. The summed E-state index contributed by atoms with van der Waals surface area (Å²) in [7, 11) is -0.787. The Kier molecular flexibility index (Phi) is 10.3. The lowest BCUT2D eigenvalue weighted by molar-refractivity contribution is -0.175. The van der Waals surface area contributed by atoms with Crippen LogP contribution in [0.25, 0.3) is 0 Å². The molecule has 2 atom stereocenters. The minimum absolute atomic E-state index is 0.218. The average Bonchev–Trinajstić information content (AvgIpc) is 2.69. The monoisotopic (exact) mass is 418 g/mol. The number of methoxy groups -OCH3 is 2. The van der Waals surface area contributed by atoms with Crippen molar-refractivity contribution in [2.24, 2.45) is 11.3 Å². The molecule has 1 aliphatic rings. The lowest BCUT2D eigenvalue weighted by atomic mass is 9.68. The van der Waals surface area contributed by atoms with Crippen molar-refractivity contribution in [2.45, 2.75) is 53.1 Å². The fraction of sp³-hybridized carbons (Fsp3) is 0.789. The topological polar surface area (TPSA) is 89.5 Å². The highest BCUT2D eigenvalue weighted by atomic mass is 28.4. The van der Waals surface area contributed by atoms with E-state index in [-0.39, 0.29) is 24.9 Å². The molecule has 0 spiro atoms. The first-order valence-corrected chi connectivity index (χ1v) is 11.4. The molecule has 0 aromatic carbocycles. The van der Waals surface area contributed by atoms with E-state index in [9.17, 15) is 9.59 Å². The predicted octanol–water partition coefficient (Wildman–Crippen LogP) is 2.63. The van der Waals surface area contributed by atoms with Crippen LogP contribution in [0.3, 0.4) is 0 Å². The van der Waals surface area contributed by atoms with E-state index in [1.807, 2.05) is 39.8 Å². The highest BCUT2D eigenvalue weighted by Gasteiger charge is 2.56. The highest BCUT2D eigenvalue weighted by molar-refractivity contribution is 6.53. The van der Waals surface area contributed by atoms with Crippen LogP contribution in [0.1, 0.15) is 47.0 Å². The van der Waals surface area contributed by atoms with Gasteiger partial charge in [0.05, 0.1) is 20.3 Å². The fourth-order valence-electron chi connectivity index (χ4n) is 3.61. The molecule has 1 aliphatic carbocycles. The van der Waals surface area contributed by atoms with Crippen LogP contribution < -0.4 is 0 Å². The molecule has 0 aliphatic heterocycles. The number of ether oxygens (including phenoxy) is 2. The van der Waals surface area contributed by atoms with Gasteiger partial charge in [0.25, 0.3) is 0 Å². The van der Waals surface area contributed by atoms with Crippen LogP contribution in [0.15, 0.2) is 12.2 Å². The number of carbonyl (C=O) groups excluding carboxylic acids is 2.